The highest BCUT2D eigenvalue weighted by Crippen LogP contribution is 2.37. The summed E-state index contributed by atoms with van der Waals surface area (Å²) >= 11 is 1.97. The molecule has 0 atom stereocenters. The lowest BCUT2D eigenvalue weighted by atomic mass is 10.1. The van der Waals surface area contributed by atoms with E-state index in [-0.39, 0.29) is 0 Å². The van der Waals surface area contributed by atoms with Gasteiger partial charge < -0.3 is 4.90 Å². The van der Waals surface area contributed by atoms with Crippen LogP contribution in [-0.4, -0.2) is 12.4 Å². The Balaban J connectivity index is 1.80. The van der Waals surface area contributed by atoms with Crippen LogP contribution in [0.2, 0.25) is 0 Å². The Morgan fingerprint density at radius 3 is 2.88 bits per heavy atom. The van der Waals surface area contributed by atoms with E-state index in [0.29, 0.717) is 0 Å². The van der Waals surface area contributed by atoms with Gasteiger partial charge in [-0.2, -0.15) is 0 Å². The normalized spacial score (nSPS) is 14.6. The average molecular weight is 235 g/mol. The lowest BCUT2D eigenvalue weighted by Gasteiger charge is -2.18. The standard InChI is InChI=1S/C14H21NS/c1-12(2)7-5-6-10-15-11-16-14-9-4-3-8-13(14)15/h3-4,8-9,12H,5-7,10-11H2,1-2H3. The van der Waals surface area contributed by atoms with Crippen LogP contribution < -0.4 is 4.90 Å². The molecule has 0 radical (unpaired) electrons. The van der Waals surface area contributed by atoms with Crippen molar-refractivity contribution in [3.05, 3.63) is 24.3 Å². The van der Waals surface area contributed by atoms with Gasteiger partial charge in [-0.05, 0) is 24.5 Å². The number of fused-ring (bicyclic) bond motifs is 1. The number of hydrogen-bond acceptors (Lipinski definition) is 2. The van der Waals surface area contributed by atoms with E-state index in [0.717, 1.165) is 11.8 Å². The fraction of sp³-hybridized carbons (Fsp3) is 0.571. The van der Waals surface area contributed by atoms with Crippen LogP contribution in [0.3, 0.4) is 0 Å². The number of rotatable bonds is 5. The van der Waals surface area contributed by atoms with Crippen LogP contribution in [0.1, 0.15) is 33.1 Å². The number of nitrogens with zero attached hydrogens (tertiary/aromatic N) is 1. The van der Waals surface area contributed by atoms with Gasteiger partial charge in [-0.25, -0.2) is 0 Å². The van der Waals surface area contributed by atoms with Crippen molar-refractivity contribution in [2.75, 3.05) is 17.3 Å². The molecule has 2 heteroatoms. The Bertz CT molecular complexity index is 335. The Kier molecular flexibility index (Phi) is 4.16. The fourth-order valence-corrected chi connectivity index (χ4v) is 3.18. The molecule has 2 rings (SSSR count). The maximum absolute atomic E-state index is 2.51. The molecule has 0 unspecified atom stereocenters. The molecular formula is C14H21NS. The molecule has 1 aromatic carbocycles. The number of unbranched alkanes of at least 4 members (excludes halogenated alkanes) is 1. The maximum Gasteiger partial charge on any atom is 0.0686 e. The Morgan fingerprint density at radius 1 is 1.25 bits per heavy atom. The monoisotopic (exact) mass is 235 g/mol. The third-order valence-corrected chi connectivity index (χ3v) is 4.14. The van der Waals surface area contributed by atoms with Gasteiger partial charge in [0.25, 0.3) is 0 Å². The molecule has 0 amide bonds. The smallest absolute Gasteiger partial charge is 0.0686 e. The first-order chi connectivity index (χ1) is 7.77. The molecule has 1 nitrogen and oxygen atoms in total. The van der Waals surface area contributed by atoms with E-state index in [9.17, 15) is 0 Å². The van der Waals surface area contributed by atoms with Crippen molar-refractivity contribution in [3.8, 4) is 0 Å². The second-order valence-corrected chi connectivity index (χ2v) is 5.88. The van der Waals surface area contributed by atoms with Crippen molar-refractivity contribution in [1.29, 1.82) is 0 Å². The molecule has 0 saturated carbocycles. The van der Waals surface area contributed by atoms with Crippen molar-refractivity contribution >= 4 is 17.4 Å². The molecule has 1 aromatic rings. The zero-order valence-corrected chi connectivity index (χ0v) is 11.1. The van der Waals surface area contributed by atoms with Gasteiger partial charge in [-0.1, -0.05) is 38.8 Å². The second kappa shape index (κ2) is 5.62. The van der Waals surface area contributed by atoms with Crippen LogP contribution in [0.5, 0.6) is 0 Å². The van der Waals surface area contributed by atoms with E-state index in [4.69, 9.17) is 0 Å². The first-order valence-corrected chi connectivity index (χ1v) is 7.22. The van der Waals surface area contributed by atoms with Crippen molar-refractivity contribution in [3.63, 3.8) is 0 Å². The number of thioether (sulfide) groups is 1. The molecule has 0 aliphatic carbocycles. The molecule has 1 aliphatic heterocycles. The van der Waals surface area contributed by atoms with Crippen LogP contribution in [0.15, 0.2) is 29.2 Å². The number of para-hydroxylation sites is 1. The van der Waals surface area contributed by atoms with Gasteiger partial charge in [0.05, 0.1) is 11.6 Å². The summed E-state index contributed by atoms with van der Waals surface area (Å²) in [6.45, 7) is 5.83. The molecule has 0 N–H and O–H groups in total. The highest BCUT2D eigenvalue weighted by molar-refractivity contribution is 7.99. The van der Waals surface area contributed by atoms with Gasteiger partial charge in [-0.15, -0.1) is 11.8 Å². The van der Waals surface area contributed by atoms with Crippen molar-refractivity contribution in [1.82, 2.24) is 0 Å². The summed E-state index contributed by atoms with van der Waals surface area (Å²) in [5, 5.41) is 0. The summed E-state index contributed by atoms with van der Waals surface area (Å²) < 4.78 is 0. The summed E-state index contributed by atoms with van der Waals surface area (Å²) in [6, 6.07) is 8.76. The van der Waals surface area contributed by atoms with Crippen LogP contribution >= 0.6 is 11.8 Å². The maximum atomic E-state index is 2.51. The van der Waals surface area contributed by atoms with E-state index >= 15 is 0 Å². The highest BCUT2D eigenvalue weighted by atomic mass is 32.2. The van der Waals surface area contributed by atoms with Crippen LogP contribution in [0.25, 0.3) is 0 Å². The molecule has 0 fully saturated rings. The van der Waals surface area contributed by atoms with Crippen LogP contribution in [0, 0.1) is 5.92 Å². The Hall–Kier alpha value is -0.630. The lowest BCUT2D eigenvalue weighted by Crippen LogP contribution is -2.20. The van der Waals surface area contributed by atoms with Gasteiger partial charge in [0.15, 0.2) is 0 Å². The average Bonchev–Trinajstić information content (AvgIpc) is 2.68. The molecule has 0 spiro atoms. The first kappa shape index (κ1) is 11.8. The van der Waals surface area contributed by atoms with Gasteiger partial charge >= 0.3 is 0 Å². The summed E-state index contributed by atoms with van der Waals surface area (Å²) in [5.41, 5.74) is 1.44. The van der Waals surface area contributed by atoms with E-state index in [1.807, 2.05) is 11.8 Å². The molecule has 0 aromatic heterocycles. The van der Waals surface area contributed by atoms with Crippen molar-refractivity contribution in [2.45, 2.75) is 38.0 Å². The van der Waals surface area contributed by atoms with Crippen molar-refractivity contribution in [2.24, 2.45) is 5.92 Å². The molecule has 88 valence electrons. The zero-order chi connectivity index (χ0) is 11.4. The predicted octanol–water partition coefficient (Wildman–Crippen LogP) is 4.38. The molecule has 1 aliphatic rings. The predicted molar refractivity (Wildman–Crippen MR) is 73.2 cm³/mol. The quantitative estimate of drug-likeness (QED) is 0.697. The molecule has 16 heavy (non-hydrogen) atoms. The van der Waals surface area contributed by atoms with Gasteiger partial charge in [-0.3, -0.25) is 0 Å². The van der Waals surface area contributed by atoms with Gasteiger partial charge in [0.1, 0.15) is 0 Å². The summed E-state index contributed by atoms with van der Waals surface area (Å²) in [7, 11) is 0. The molecular weight excluding hydrogens is 214 g/mol. The fourth-order valence-electron chi connectivity index (χ4n) is 2.10. The largest absolute Gasteiger partial charge is 0.361 e. The summed E-state index contributed by atoms with van der Waals surface area (Å²) in [4.78, 5) is 3.96. The molecule has 0 saturated heterocycles. The third-order valence-electron chi connectivity index (χ3n) is 3.04. The zero-order valence-electron chi connectivity index (χ0n) is 10.3. The minimum absolute atomic E-state index is 0.847. The van der Waals surface area contributed by atoms with Crippen LogP contribution in [0.4, 0.5) is 5.69 Å². The molecule has 0 bridgehead atoms. The lowest BCUT2D eigenvalue weighted by molar-refractivity contribution is 0.538. The van der Waals surface area contributed by atoms with E-state index in [2.05, 4.69) is 43.0 Å². The number of hydrogen-bond donors (Lipinski definition) is 0. The van der Waals surface area contributed by atoms with E-state index < -0.39 is 0 Å². The van der Waals surface area contributed by atoms with Crippen LogP contribution in [-0.2, 0) is 0 Å². The summed E-state index contributed by atoms with van der Waals surface area (Å²) in [6.07, 6.45) is 4.05. The minimum Gasteiger partial charge on any atom is -0.361 e. The second-order valence-electron chi connectivity index (χ2n) is 4.89. The van der Waals surface area contributed by atoms with Gasteiger partial charge in [0, 0.05) is 11.4 Å². The number of anilines is 1. The number of benzene rings is 1. The first-order valence-electron chi connectivity index (χ1n) is 6.24. The summed E-state index contributed by atoms with van der Waals surface area (Å²) in [5.74, 6) is 1.99. The van der Waals surface area contributed by atoms with Crippen molar-refractivity contribution < 1.29 is 0 Å². The SMILES string of the molecule is CC(C)CCCCN1CSc2ccccc21. The Labute approximate surface area is 103 Å². The third kappa shape index (κ3) is 2.94. The van der Waals surface area contributed by atoms with E-state index in [1.165, 1.54) is 36.4 Å². The van der Waals surface area contributed by atoms with E-state index in [1.54, 1.807) is 0 Å². The minimum atomic E-state index is 0.847. The highest BCUT2D eigenvalue weighted by Gasteiger charge is 2.17. The topological polar surface area (TPSA) is 3.24 Å². The van der Waals surface area contributed by atoms with Gasteiger partial charge in [0.2, 0.25) is 0 Å². The Morgan fingerprint density at radius 2 is 2.06 bits per heavy atom. The molecule has 1 heterocycles.